The zero-order valence-electron chi connectivity index (χ0n) is 14.2. The minimum absolute atomic E-state index is 0.320. The van der Waals surface area contributed by atoms with Crippen molar-refractivity contribution in [2.45, 2.75) is 60.0 Å². The van der Waals surface area contributed by atoms with Gasteiger partial charge in [-0.05, 0) is 26.2 Å². The van der Waals surface area contributed by atoms with Crippen LogP contribution >= 0.6 is 0 Å². The lowest BCUT2D eigenvalue weighted by Gasteiger charge is -2.44. The van der Waals surface area contributed by atoms with E-state index in [1.807, 2.05) is 0 Å². The summed E-state index contributed by atoms with van der Waals surface area (Å²) in [6.45, 7) is 23.3. The summed E-state index contributed by atoms with van der Waals surface area (Å²) in [6.07, 6.45) is 0. The Morgan fingerprint density at radius 1 is 0.947 bits per heavy atom. The van der Waals surface area contributed by atoms with Crippen LogP contribution in [-0.2, 0) is 0 Å². The Morgan fingerprint density at radius 3 is 1.89 bits per heavy atom. The summed E-state index contributed by atoms with van der Waals surface area (Å²) in [6, 6.07) is 0.581. The maximum atomic E-state index is 3.57. The van der Waals surface area contributed by atoms with E-state index in [1.54, 1.807) is 0 Å². The first-order chi connectivity index (χ1) is 8.60. The highest BCUT2D eigenvalue weighted by molar-refractivity contribution is 4.85. The summed E-state index contributed by atoms with van der Waals surface area (Å²) in [5.41, 5.74) is 0.676. The summed E-state index contributed by atoms with van der Waals surface area (Å²) in [4.78, 5) is 5.23. The second-order valence-electron chi connectivity index (χ2n) is 8.13. The number of rotatable bonds is 5. The van der Waals surface area contributed by atoms with Crippen LogP contribution in [-0.4, -0.2) is 60.6 Å². The van der Waals surface area contributed by atoms with Crippen molar-refractivity contribution in [3.63, 3.8) is 0 Å². The Bertz CT molecular complexity index is 258. The smallest absolute Gasteiger partial charge is 0.0126 e. The average Bonchev–Trinajstić information content (AvgIpc) is 2.25. The van der Waals surface area contributed by atoms with E-state index in [0.29, 0.717) is 17.0 Å². The van der Waals surface area contributed by atoms with Gasteiger partial charge in [0.25, 0.3) is 0 Å². The molecule has 0 aromatic rings. The molecule has 1 rings (SSSR count). The second kappa shape index (κ2) is 6.55. The summed E-state index contributed by atoms with van der Waals surface area (Å²) in [5, 5.41) is 3.57. The van der Waals surface area contributed by atoms with Crippen LogP contribution in [0.15, 0.2) is 0 Å². The van der Waals surface area contributed by atoms with Gasteiger partial charge in [-0.15, -0.1) is 0 Å². The lowest BCUT2D eigenvalue weighted by atomic mass is 9.92. The standard InChI is InChI=1S/C16H35N3/c1-14(2)17-12-16(6,7)13-18-8-10-19(11-9-18)15(3,4)5/h14,17H,8-13H2,1-7H3. The summed E-state index contributed by atoms with van der Waals surface area (Å²) < 4.78 is 0. The Kier molecular flexibility index (Phi) is 5.84. The number of piperazine rings is 1. The molecule has 1 fully saturated rings. The van der Waals surface area contributed by atoms with E-state index >= 15 is 0 Å². The molecule has 3 nitrogen and oxygen atoms in total. The molecule has 1 saturated heterocycles. The fraction of sp³-hybridized carbons (Fsp3) is 1.00. The molecule has 0 atom stereocenters. The van der Waals surface area contributed by atoms with E-state index in [1.165, 1.54) is 32.7 Å². The van der Waals surface area contributed by atoms with Gasteiger partial charge in [-0.2, -0.15) is 0 Å². The molecule has 1 heterocycles. The van der Waals surface area contributed by atoms with Crippen LogP contribution in [0.4, 0.5) is 0 Å². The third-order valence-electron chi connectivity index (χ3n) is 3.96. The van der Waals surface area contributed by atoms with Gasteiger partial charge in [0.1, 0.15) is 0 Å². The highest BCUT2D eigenvalue weighted by atomic mass is 15.3. The fourth-order valence-electron chi connectivity index (χ4n) is 2.72. The molecule has 0 aromatic carbocycles. The van der Waals surface area contributed by atoms with Gasteiger partial charge in [-0.25, -0.2) is 0 Å². The predicted molar refractivity (Wildman–Crippen MR) is 84.7 cm³/mol. The van der Waals surface area contributed by atoms with Crippen molar-refractivity contribution in [1.82, 2.24) is 15.1 Å². The topological polar surface area (TPSA) is 18.5 Å². The van der Waals surface area contributed by atoms with Crippen molar-refractivity contribution < 1.29 is 0 Å². The molecule has 0 radical (unpaired) electrons. The minimum atomic E-state index is 0.320. The van der Waals surface area contributed by atoms with Gasteiger partial charge in [0.2, 0.25) is 0 Å². The summed E-state index contributed by atoms with van der Waals surface area (Å²) in [7, 11) is 0. The minimum Gasteiger partial charge on any atom is -0.314 e. The molecule has 0 unspecified atom stereocenters. The quantitative estimate of drug-likeness (QED) is 0.827. The van der Waals surface area contributed by atoms with E-state index < -0.39 is 0 Å². The van der Waals surface area contributed by atoms with Crippen LogP contribution in [0.5, 0.6) is 0 Å². The first-order valence-electron chi connectivity index (χ1n) is 7.81. The van der Waals surface area contributed by atoms with Crippen molar-refractivity contribution in [3.05, 3.63) is 0 Å². The molecule has 0 amide bonds. The first kappa shape index (κ1) is 16.9. The van der Waals surface area contributed by atoms with Crippen molar-refractivity contribution in [2.24, 2.45) is 5.41 Å². The van der Waals surface area contributed by atoms with Crippen LogP contribution in [0.1, 0.15) is 48.5 Å². The summed E-state index contributed by atoms with van der Waals surface area (Å²) >= 11 is 0. The van der Waals surface area contributed by atoms with E-state index in [9.17, 15) is 0 Å². The van der Waals surface area contributed by atoms with Crippen molar-refractivity contribution in [3.8, 4) is 0 Å². The van der Waals surface area contributed by atoms with Crippen LogP contribution in [0.2, 0.25) is 0 Å². The van der Waals surface area contributed by atoms with E-state index in [-0.39, 0.29) is 0 Å². The Morgan fingerprint density at radius 2 is 1.47 bits per heavy atom. The SMILES string of the molecule is CC(C)NCC(C)(C)CN1CCN(C(C)(C)C)CC1. The Labute approximate surface area is 120 Å². The molecule has 0 saturated carbocycles. The number of nitrogens with one attached hydrogen (secondary N) is 1. The molecule has 19 heavy (non-hydrogen) atoms. The lowest BCUT2D eigenvalue weighted by Crippen LogP contribution is -2.55. The maximum Gasteiger partial charge on any atom is 0.0126 e. The average molecular weight is 269 g/mol. The number of hydrogen-bond acceptors (Lipinski definition) is 3. The third-order valence-corrected chi connectivity index (χ3v) is 3.96. The van der Waals surface area contributed by atoms with Crippen molar-refractivity contribution in [2.75, 3.05) is 39.3 Å². The van der Waals surface area contributed by atoms with Crippen LogP contribution < -0.4 is 5.32 Å². The maximum absolute atomic E-state index is 3.57. The number of hydrogen-bond donors (Lipinski definition) is 1. The van der Waals surface area contributed by atoms with Crippen LogP contribution in [0, 0.1) is 5.41 Å². The van der Waals surface area contributed by atoms with Gasteiger partial charge >= 0.3 is 0 Å². The largest absolute Gasteiger partial charge is 0.314 e. The normalized spacial score (nSPS) is 20.2. The first-order valence-corrected chi connectivity index (χ1v) is 7.81. The van der Waals surface area contributed by atoms with Gasteiger partial charge in [-0.1, -0.05) is 27.7 Å². The Balaban J connectivity index is 2.36. The van der Waals surface area contributed by atoms with Crippen molar-refractivity contribution in [1.29, 1.82) is 0 Å². The van der Waals surface area contributed by atoms with Gasteiger partial charge in [0, 0.05) is 50.8 Å². The van der Waals surface area contributed by atoms with Gasteiger partial charge in [0.15, 0.2) is 0 Å². The number of nitrogens with zero attached hydrogens (tertiary/aromatic N) is 2. The zero-order chi connectivity index (χ0) is 14.7. The predicted octanol–water partition coefficient (Wildman–Crippen LogP) is 2.43. The highest BCUT2D eigenvalue weighted by Gasteiger charge is 2.28. The van der Waals surface area contributed by atoms with E-state index in [4.69, 9.17) is 0 Å². The van der Waals surface area contributed by atoms with Crippen LogP contribution in [0.25, 0.3) is 0 Å². The fourth-order valence-corrected chi connectivity index (χ4v) is 2.72. The molecule has 0 aromatic heterocycles. The molecule has 1 aliphatic heterocycles. The lowest BCUT2D eigenvalue weighted by molar-refractivity contribution is 0.0452. The van der Waals surface area contributed by atoms with Gasteiger partial charge < -0.3 is 10.2 Å². The molecule has 0 bridgehead atoms. The molecule has 0 aliphatic carbocycles. The Hall–Kier alpha value is -0.120. The third kappa shape index (κ3) is 6.24. The zero-order valence-corrected chi connectivity index (χ0v) is 14.2. The molecule has 1 aliphatic rings. The molecular weight excluding hydrogens is 234 g/mol. The van der Waals surface area contributed by atoms with Gasteiger partial charge in [0.05, 0.1) is 0 Å². The molecular formula is C16H35N3. The second-order valence-corrected chi connectivity index (χ2v) is 8.13. The molecule has 0 spiro atoms. The monoisotopic (exact) mass is 269 g/mol. The van der Waals surface area contributed by atoms with Gasteiger partial charge in [-0.3, -0.25) is 4.90 Å². The van der Waals surface area contributed by atoms with E-state index in [0.717, 1.165) is 6.54 Å². The van der Waals surface area contributed by atoms with E-state index in [2.05, 4.69) is 63.6 Å². The molecule has 114 valence electrons. The summed E-state index contributed by atoms with van der Waals surface area (Å²) in [5.74, 6) is 0. The molecule has 3 heteroatoms. The highest BCUT2D eigenvalue weighted by Crippen LogP contribution is 2.20. The van der Waals surface area contributed by atoms with Crippen LogP contribution in [0.3, 0.4) is 0 Å². The molecule has 1 N–H and O–H groups in total. The van der Waals surface area contributed by atoms with Crippen molar-refractivity contribution >= 4 is 0 Å².